The maximum atomic E-state index is 6.13. The van der Waals surface area contributed by atoms with E-state index in [0.29, 0.717) is 0 Å². The molecular weight excluding hydrogens is 232 g/mol. The zero-order valence-electron chi connectivity index (χ0n) is 10.7. The van der Waals surface area contributed by atoms with Gasteiger partial charge in [0.2, 0.25) is 0 Å². The van der Waals surface area contributed by atoms with Crippen molar-refractivity contribution in [2.24, 2.45) is 0 Å². The van der Waals surface area contributed by atoms with Crippen LogP contribution in [-0.2, 0) is 6.54 Å². The Labute approximate surface area is 109 Å². The van der Waals surface area contributed by atoms with E-state index >= 15 is 0 Å². The van der Waals surface area contributed by atoms with Gasteiger partial charge in [0.1, 0.15) is 0 Å². The van der Waals surface area contributed by atoms with Crippen molar-refractivity contribution < 1.29 is 0 Å². The Morgan fingerprint density at radius 2 is 2.12 bits per heavy atom. The third-order valence-electron chi connectivity index (χ3n) is 3.25. The molecule has 1 aliphatic carbocycles. The summed E-state index contributed by atoms with van der Waals surface area (Å²) in [6.07, 6.45) is 2.64. The first-order valence-corrected chi connectivity index (χ1v) is 6.89. The second-order valence-electron chi connectivity index (χ2n) is 4.57. The molecule has 1 aliphatic rings. The zero-order chi connectivity index (χ0) is 12.3. The highest BCUT2D eigenvalue weighted by atomic mass is 35.5. The van der Waals surface area contributed by atoms with Crippen LogP contribution in [0.25, 0.3) is 0 Å². The molecular formula is C14H21ClN2. The lowest BCUT2D eigenvalue weighted by atomic mass is 10.1. The number of halogens is 1. The molecule has 94 valence electrons. The van der Waals surface area contributed by atoms with Crippen molar-refractivity contribution in [3.8, 4) is 0 Å². The lowest BCUT2D eigenvalue weighted by Crippen LogP contribution is -2.27. The fourth-order valence-electron chi connectivity index (χ4n) is 2.22. The molecule has 0 atom stereocenters. The SMILES string of the molecule is CCNCc1ccc(Cl)cc1N(CC)C1CC1. The van der Waals surface area contributed by atoms with Crippen molar-refractivity contribution >= 4 is 17.3 Å². The van der Waals surface area contributed by atoms with Crippen molar-refractivity contribution in [1.82, 2.24) is 5.32 Å². The summed E-state index contributed by atoms with van der Waals surface area (Å²) in [6.45, 7) is 7.33. The smallest absolute Gasteiger partial charge is 0.0429 e. The zero-order valence-corrected chi connectivity index (χ0v) is 11.4. The molecule has 0 heterocycles. The van der Waals surface area contributed by atoms with Gasteiger partial charge in [-0.25, -0.2) is 0 Å². The van der Waals surface area contributed by atoms with Crippen molar-refractivity contribution in [2.45, 2.75) is 39.3 Å². The number of nitrogens with one attached hydrogen (secondary N) is 1. The van der Waals surface area contributed by atoms with E-state index in [0.717, 1.165) is 30.7 Å². The molecule has 0 aromatic heterocycles. The molecule has 0 aliphatic heterocycles. The van der Waals surface area contributed by atoms with Gasteiger partial charge in [0.15, 0.2) is 0 Å². The van der Waals surface area contributed by atoms with Gasteiger partial charge in [-0.05, 0) is 44.0 Å². The second-order valence-corrected chi connectivity index (χ2v) is 5.01. The van der Waals surface area contributed by atoms with Gasteiger partial charge in [0.25, 0.3) is 0 Å². The van der Waals surface area contributed by atoms with E-state index in [1.807, 2.05) is 6.07 Å². The fraction of sp³-hybridized carbons (Fsp3) is 0.571. The maximum absolute atomic E-state index is 6.13. The molecule has 0 saturated heterocycles. The van der Waals surface area contributed by atoms with Crippen LogP contribution in [0.1, 0.15) is 32.3 Å². The van der Waals surface area contributed by atoms with Crippen LogP contribution in [0.2, 0.25) is 5.02 Å². The summed E-state index contributed by atoms with van der Waals surface area (Å²) in [5.41, 5.74) is 2.66. The molecule has 1 fully saturated rings. The molecule has 1 saturated carbocycles. The first-order valence-electron chi connectivity index (χ1n) is 6.52. The molecule has 0 unspecified atom stereocenters. The lowest BCUT2D eigenvalue weighted by molar-refractivity contribution is 0.718. The first-order chi connectivity index (χ1) is 8.26. The molecule has 0 bridgehead atoms. The third-order valence-corrected chi connectivity index (χ3v) is 3.49. The predicted octanol–water partition coefficient (Wildman–Crippen LogP) is 3.44. The van der Waals surface area contributed by atoms with Crippen LogP contribution in [0.3, 0.4) is 0 Å². The Hall–Kier alpha value is -0.730. The third kappa shape index (κ3) is 3.14. The molecule has 1 aromatic carbocycles. The Balaban J connectivity index is 2.24. The van der Waals surface area contributed by atoms with Gasteiger partial charge in [-0.3, -0.25) is 0 Å². The molecule has 2 nitrogen and oxygen atoms in total. The van der Waals surface area contributed by atoms with Gasteiger partial charge in [-0.2, -0.15) is 0 Å². The predicted molar refractivity (Wildman–Crippen MR) is 74.9 cm³/mol. The minimum absolute atomic E-state index is 0.735. The number of nitrogens with zero attached hydrogens (tertiary/aromatic N) is 1. The Kier molecular flexibility index (Phi) is 4.30. The highest BCUT2D eigenvalue weighted by Crippen LogP contribution is 2.34. The highest BCUT2D eigenvalue weighted by Gasteiger charge is 2.29. The molecule has 1 N–H and O–H groups in total. The fourth-order valence-corrected chi connectivity index (χ4v) is 2.39. The molecule has 0 radical (unpaired) electrons. The van der Waals surface area contributed by atoms with Crippen molar-refractivity contribution in [1.29, 1.82) is 0 Å². The van der Waals surface area contributed by atoms with Crippen LogP contribution in [0.4, 0.5) is 5.69 Å². The minimum Gasteiger partial charge on any atom is -0.369 e. The molecule has 2 rings (SSSR count). The molecule has 0 amide bonds. The van der Waals surface area contributed by atoms with Gasteiger partial charge >= 0.3 is 0 Å². The normalized spacial score (nSPS) is 15.0. The van der Waals surface area contributed by atoms with Crippen LogP contribution >= 0.6 is 11.6 Å². The summed E-state index contributed by atoms with van der Waals surface area (Å²) in [5.74, 6) is 0. The quantitative estimate of drug-likeness (QED) is 0.835. The average Bonchev–Trinajstić information content (AvgIpc) is 3.13. The van der Waals surface area contributed by atoms with E-state index in [1.54, 1.807) is 0 Å². The first kappa shape index (κ1) is 12.7. The van der Waals surface area contributed by atoms with E-state index in [4.69, 9.17) is 11.6 Å². The van der Waals surface area contributed by atoms with Gasteiger partial charge in [0.05, 0.1) is 0 Å². The van der Waals surface area contributed by atoms with Crippen LogP contribution in [0, 0.1) is 0 Å². The van der Waals surface area contributed by atoms with Crippen molar-refractivity contribution in [3.05, 3.63) is 28.8 Å². The van der Waals surface area contributed by atoms with Crippen LogP contribution < -0.4 is 10.2 Å². The van der Waals surface area contributed by atoms with Crippen LogP contribution in [-0.4, -0.2) is 19.1 Å². The van der Waals surface area contributed by atoms with Gasteiger partial charge < -0.3 is 10.2 Å². The molecule has 1 aromatic rings. The topological polar surface area (TPSA) is 15.3 Å². The number of benzene rings is 1. The number of rotatable bonds is 6. The number of hydrogen-bond donors (Lipinski definition) is 1. The Bertz CT molecular complexity index is 374. The monoisotopic (exact) mass is 252 g/mol. The average molecular weight is 253 g/mol. The summed E-state index contributed by atoms with van der Waals surface area (Å²) in [5, 5.41) is 4.23. The minimum atomic E-state index is 0.735. The highest BCUT2D eigenvalue weighted by molar-refractivity contribution is 6.30. The number of hydrogen-bond acceptors (Lipinski definition) is 2. The summed E-state index contributed by atoms with van der Waals surface area (Å²) in [7, 11) is 0. The van der Waals surface area contributed by atoms with E-state index < -0.39 is 0 Å². The second kappa shape index (κ2) is 5.74. The van der Waals surface area contributed by atoms with E-state index in [-0.39, 0.29) is 0 Å². The Morgan fingerprint density at radius 3 is 2.71 bits per heavy atom. The molecule has 3 heteroatoms. The summed E-state index contributed by atoms with van der Waals surface area (Å²) < 4.78 is 0. The van der Waals surface area contributed by atoms with Crippen LogP contribution in [0.15, 0.2) is 18.2 Å². The van der Waals surface area contributed by atoms with E-state index in [9.17, 15) is 0 Å². The van der Waals surface area contributed by atoms with Gasteiger partial charge in [0, 0.05) is 29.8 Å². The van der Waals surface area contributed by atoms with Gasteiger partial charge in [-0.1, -0.05) is 24.6 Å². The number of anilines is 1. The van der Waals surface area contributed by atoms with Crippen molar-refractivity contribution in [3.63, 3.8) is 0 Å². The maximum Gasteiger partial charge on any atom is 0.0429 e. The standard InChI is InChI=1S/C14H21ClN2/c1-3-16-10-11-5-6-12(15)9-14(11)17(4-2)13-7-8-13/h5-6,9,13,16H,3-4,7-8,10H2,1-2H3. The summed E-state index contributed by atoms with van der Waals surface area (Å²) in [4.78, 5) is 2.48. The summed E-state index contributed by atoms with van der Waals surface area (Å²) >= 11 is 6.13. The van der Waals surface area contributed by atoms with Gasteiger partial charge in [-0.15, -0.1) is 0 Å². The van der Waals surface area contributed by atoms with Crippen molar-refractivity contribution in [2.75, 3.05) is 18.0 Å². The Morgan fingerprint density at radius 1 is 1.35 bits per heavy atom. The van der Waals surface area contributed by atoms with E-state index in [2.05, 4.69) is 36.2 Å². The van der Waals surface area contributed by atoms with E-state index in [1.165, 1.54) is 24.1 Å². The molecule has 0 spiro atoms. The van der Waals surface area contributed by atoms with Crippen LogP contribution in [0.5, 0.6) is 0 Å². The summed E-state index contributed by atoms with van der Waals surface area (Å²) in [6, 6.07) is 6.97. The largest absolute Gasteiger partial charge is 0.369 e. The lowest BCUT2D eigenvalue weighted by Gasteiger charge is -2.26. The molecule has 17 heavy (non-hydrogen) atoms.